The molecule has 2 heteroatoms. The van der Waals surface area contributed by atoms with E-state index in [0.29, 0.717) is 11.3 Å². The molecule has 0 bridgehead atoms. The highest BCUT2D eigenvalue weighted by molar-refractivity contribution is 5.33. The minimum atomic E-state index is 0.220. The minimum absolute atomic E-state index is 0.220. The molecule has 2 N–H and O–H groups in total. The molecule has 0 aromatic carbocycles. The van der Waals surface area contributed by atoms with Gasteiger partial charge >= 0.3 is 0 Å². The second-order valence-electron chi connectivity index (χ2n) is 5.45. The fourth-order valence-electron chi connectivity index (χ4n) is 3.38. The monoisotopic (exact) mass is 205 g/mol. The van der Waals surface area contributed by atoms with E-state index in [2.05, 4.69) is 13.0 Å². The predicted octanol–water partition coefficient (Wildman–Crippen LogP) is 2.75. The lowest BCUT2D eigenvalue weighted by molar-refractivity contribution is 0.264. The Balaban J connectivity index is 2.07. The standard InChI is InChI=1S/C13H19NO/c1-8-7-10-3-4-13(5-6-13)11(9(2)14)12(10)15-8/h7,9,11H,3-6,14H2,1-2H3. The van der Waals surface area contributed by atoms with Crippen LogP contribution in [0, 0.1) is 12.3 Å². The van der Waals surface area contributed by atoms with Crippen LogP contribution in [0.15, 0.2) is 10.5 Å². The summed E-state index contributed by atoms with van der Waals surface area (Å²) in [4.78, 5) is 0. The molecule has 1 heterocycles. The SMILES string of the molecule is Cc1cc2c(o1)C(C(C)N)C1(CC2)CC1. The molecular weight excluding hydrogens is 186 g/mol. The molecule has 0 radical (unpaired) electrons. The van der Waals surface area contributed by atoms with Crippen LogP contribution < -0.4 is 5.73 Å². The summed E-state index contributed by atoms with van der Waals surface area (Å²) < 4.78 is 5.88. The van der Waals surface area contributed by atoms with Crippen LogP contribution in [-0.2, 0) is 6.42 Å². The van der Waals surface area contributed by atoms with Crippen LogP contribution in [0.25, 0.3) is 0 Å². The van der Waals surface area contributed by atoms with Crippen LogP contribution in [0.1, 0.15) is 49.2 Å². The molecule has 1 saturated carbocycles. The zero-order valence-corrected chi connectivity index (χ0v) is 9.55. The maximum absolute atomic E-state index is 6.15. The molecule has 2 atom stereocenters. The molecule has 2 aliphatic rings. The lowest BCUT2D eigenvalue weighted by atomic mass is 9.73. The number of aryl methyl sites for hydroxylation is 2. The number of hydrogen-bond donors (Lipinski definition) is 1. The molecule has 1 aromatic heterocycles. The van der Waals surface area contributed by atoms with Gasteiger partial charge in [-0.15, -0.1) is 0 Å². The van der Waals surface area contributed by atoms with Crippen molar-refractivity contribution in [2.75, 3.05) is 0 Å². The average Bonchev–Trinajstić information content (AvgIpc) is 2.80. The Morgan fingerprint density at radius 3 is 2.80 bits per heavy atom. The molecule has 82 valence electrons. The van der Waals surface area contributed by atoms with E-state index in [9.17, 15) is 0 Å². The fraction of sp³-hybridized carbons (Fsp3) is 0.692. The van der Waals surface area contributed by atoms with Crippen molar-refractivity contribution >= 4 is 0 Å². The first-order valence-electron chi connectivity index (χ1n) is 5.97. The fourth-order valence-corrected chi connectivity index (χ4v) is 3.38. The molecule has 1 spiro atoms. The molecule has 2 aliphatic carbocycles. The van der Waals surface area contributed by atoms with Crippen molar-refractivity contribution in [3.05, 3.63) is 23.2 Å². The van der Waals surface area contributed by atoms with Crippen molar-refractivity contribution in [1.82, 2.24) is 0 Å². The zero-order valence-electron chi connectivity index (χ0n) is 9.55. The topological polar surface area (TPSA) is 39.2 Å². The van der Waals surface area contributed by atoms with Crippen molar-refractivity contribution in [3.63, 3.8) is 0 Å². The molecular formula is C13H19NO. The van der Waals surface area contributed by atoms with Crippen molar-refractivity contribution < 1.29 is 4.42 Å². The van der Waals surface area contributed by atoms with Gasteiger partial charge in [-0.2, -0.15) is 0 Å². The Bertz CT molecular complexity index is 387. The number of furan rings is 1. The van der Waals surface area contributed by atoms with Gasteiger partial charge < -0.3 is 10.2 Å². The van der Waals surface area contributed by atoms with Gasteiger partial charge in [0.1, 0.15) is 11.5 Å². The van der Waals surface area contributed by atoms with Crippen molar-refractivity contribution in [2.45, 2.75) is 51.5 Å². The number of fused-ring (bicyclic) bond motifs is 1. The van der Waals surface area contributed by atoms with Gasteiger partial charge in [0.2, 0.25) is 0 Å². The number of nitrogens with two attached hydrogens (primary N) is 1. The number of hydrogen-bond acceptors (Lipinski definition) is 2. The molecule has 0 saturated heterocycles. The highest BCUT2D eigenvalue weighted by Crippen LogP contribution is 2.62. The maximum atomic E-state index is 6.15. The smallest absolute Gasteiger partial charge is 0.112 e. The van der Waals surface area contributed by atoms with E-state index in [4.69, 9.17) is 10.2 Å². The maximum Gasteiger partial charge on any atom is 0.112 e. The number of rotatable bonds is 1. The second-order valence-corrected chi connectivity index (χ2v) is 5.45. The highest BCUT2D eigenvalue weighted by atomic mass is 16.3. The summed E-state index contributed by atoms with van der Waals surface area (Å²) in [6.07, 6.45) is 5.19. The lowest BCUT2D eigenvalue weighted by Crippen LogP contribution is -2.34. The third-order valence-electron chi connectivity index (χ3n) is 4.22. The zero-order chi connectivity index (χ0) is 10.6. The van der Waals surface area contributed by atoms with Gasteiger partial charge in [-0.1, -0.05) is 0 Å². The van der Waals surface area contributed by atoms with Gasteiger partial charge in [-0.25, -0.2) is 0 Å². The Morgan fingerprint density at radius 2 is 2.20 bits per heavy atom. The Morgan fingerprint density at radius 1 is 1.47 bits per heavy atom. The van der Waals surface area contributed by atoms with E-state index in [1.807, 2.05) is 6.92 Å². The van der Waals surface area contributed by atoms with Crippen LogP contribution in [0.5, 0.6) is 0 Å². The van der Waals surface area contributed by atoms with Crippen LogP contribution in [0.3, 0.4) is 0 Å². The summed E-state index contributed by atoms with van der Waals surface area (Å²) in [5.74, 6) is 2.71. The van der Waals surface area contributed by atoms with Crippen LogP contribution in [0.4, 0.5) is 0 Å². The third kappa shape index (κ3) is 1.27. The van der Waals surface area contributed by atoms with E-state index in [-0.39, 0.29) is 6.04 Å². The summed E-state index contributed by atoms with van der Waals surface area (Å²) >= 11 is 0. The normalized spacial score (nSPS) is 28.9. The van der Waals surface area contributed by atoms with Crippen LogP contribution in [0.2, 0.25) is 0 Å². The van der Waals surface area contributed by atoms with Crippen LogP contribution >= 0.6 is 0 Å². The van der Waals surface area contributed by atoms with Gasteiger partial charge in [-0.3, -0.25) is 0 Å². The lowest BCUT2D eigenvalue weighted by Gasteiger charge is -2.33. The second kappa shape index (κ2) is 2.88. The Hall–Kier alpha value is -0.760. The van der Waals surface area contributed by atoms with E-state index < -0.39 is 0 Å². The largest absolute Gasteiger partial charge is 0.466 e. The van der Waals surface area contributed by atoms with Gasteiger partial charge in [0.15, 0.2) is 0 Å². The first-order valence-corrected chi connectivity index (χ1v) is 5.97. The van der Waals surface area contributed by atoms with Crippen molar-refractivity contribution in [3.8, 4) is 0 Å². The minimum Gasteiger partial charge on any atom is -0.466 e. The third-order valence-corrected chi connectivity index (χ3v) is 4.22. The van der Waals surface area contributed by atoms with Gasteiger partial charge in [-0.05, 0) is 56.6 Å². The molecule has 0 amide bonds. The molecule has 2 unspecified atom stereocenters. The van der Waals surface area contributed by atoms with E-state index in [1.54, 1.807) is 0 Å². The summed E-state index contributed by atoms with van der Waals surface area (Å²) in [5.41, 5.74) is 8.06. The summed E-state index contributed by atoms with van der Waals surface area (Å²) in [5, 5.41) is 0. The van der Waals surface area contributed by atoms with E-state index in [1.165, 1.54) is 37.0 Å². The first kappa shape index (κ1) is 9.46. The van der Waals surface area contributed by atoms with E-state index in [0.717, 1.165) is 5.76 Å². The average molecular weight is 205 g/mol. The Kier molecular flexibility index (Phi) is 1.82. The molecule has 1 aromatic rings. The van der Waals surface area contributed by atoms with Gasteiger partial charge in [0.05, 0.1) is 0 Å². The van der Waals surface area contributed by atoms with Gasteiger partial charge in [0, 0.05) is 12.0 Å². The highest BCUT2D eigenvalue weighted by Gasteiger charge is 2.54. The van der Waals surface area contributed by atoms with Crippen molar-refractivity contribution in [2.24, 2.45) is 11.1 Å². The molecule has 0 aliphatic heterocycles. The molecule has 3 rings (SSSR count). The molecule has 1 fully saturated rings. The summed E-state index contributed by atoms with van der Waals surface area (Å²) in [7, 11) is 0. The van der Waals surface area contributed by atoms with Gasteiger partial charge in [0.25, 0.3) is 0 Å². The Labute approximate surface area is 90.8 Å². The van der Waals surface area contributed by atoms with Crippen LogP contribution in [-0.4, -0.2) is 6.04 Å². The summed E-state index contributed by atoms with van der Waals surface area (Å²) in [6, 6.07) is 2.41. The summed E-state index contributed by atoms with van der Waals surface area (Å²) in [6.45, 7) is 4.16. The predicted molar refractivity (Wildman–Crippen MR) is 59.8 cm³/mol. The molecule has 2 nitrogen and oxygen atoms in total. The van der Waals surface area contributed by atoms with Crippen molar-refractivity contribution in [1.29, 1.82) is 0 Å². The molecule has 15 heavy (non-hydrogen) atoms. The quantitative estimate of drug-likeness (QED) is 0.765. The van der Waals surface area contributed by atoms with E-state index >= 15 is 0 Å². The first-order chi connectivity index (χ1) is 7.12.